The van der Waals surface area contributed by atoms with Crippen LogP contribution in [-0.2, 0) is 20.7 Å². The molecule has 2 aliphatic rings. The van der Waals surface area contributed by atoms with Crippen molar-refractivity contribution in [3.63, 3.8) is 0 Å². The van der Waals surface area contributed by atoms with Gasteiger partial charge >= 0.3 is 12.2 Å². The molecule has 2 aliphatic heterocycles. The summed E-state index contributed by atoms with van der Waals surface area (Å²) in [5.74, 6) is -0.145. The Balaban J connectivity index is 0.00000385. The average Bonchev–Trinajstić information content (AvgIpc) is 2.79. The van der Waals surface area contributed by atoms with Crippen LogP contribution in [0.5, 0.6) is 0 Å². The third kappa shape index (κ3) is 7.27. The first kappa shape index (κ1) is 27.3. The van der Waals surface area contributed by atoms with E-state index in [9.17, 15) is 14.4 Å². The van der Waals surface area contributed by atoms with Gasteiger partial charge in [-0.25, -0.2) is 9.59 Å². The molecule has 0 N–H and O–H groups in total. The van der Waals surface area contributed by atoms with E-state index < -0.39 is 18.2 Å². The Bertz CT molecular complexity index is 851. The molecule has 3 amide bonds. The number of hydrogen-bond acceptors (Lipinski definition) is 6. The minimum absolute atomic E-state index is 0. The van der Waals surface area contributed by atoms with E-state index in [2.05, 4.69) is 4.90 Å². The van der Waals surface area contributed by atoms with Gasteiger partial charge in [-0.15, -0.1) is 12.4 Å². The van der Waals surface area contributed by atoms with Crippen LogP contribution in [-0.4, -0.2) is 110 Å². The van der Waals surface area contributed by atoms with Gasteiger partial charge in [-0.3, -0.25) is 4.79 Å². The van der Waals surface area contributed by atoms with E-state index in [0.29, 0.717) is 36.2 Å². The summed E-state index contributed by atoms with van der Waals surface area (Å²) in [5.41, 5.74) is 0.730. The summed E-state index contributed by atoms with van der Waals surface area (Å²) >= 11 is 12.0. The molecule has 1 aromatic rings. The fraction of sp³-hybridized carbons (Fsp3) is 0.571. The number of methoxy groups -OCH3 is 1. The number of likely N-dealkylation sites (N-methyl/N-ethyl adjacent to an activating group) is 1. The van der Waals surface area contributed by atoms with Gasteiger partial charge in [0.05, 0.1) is 29.6 Å². The van der Waals surface area contributed by atoms with E-state index >= 15 is 0 Å². The van der Waals surface area contributed by atoms with Crippen molar-refractivity contribution in [2.45, 2.75) is 12.5 Å². The molecule has 0 aromatic heterocycles. The van der Waals surface area contributed by atoms with Crippen LogP contribution in [0.1, 0.15) is 5.56 Å². The molecule has 3 rings (SSSR count). The Morgan fingerprint density at radius 3 is 2.27 bits per heavy atom. The molecular formula is C21H29Cl3N4O5. The molecule has 2 fully saturated rings. The molecule has 0 spiro atoms. The number of ether oxygens (including phenoxy) is 2. The van der Waals surface area contributed by atoms with E-state index in [0.717, 1.165) is 18.7 Å². The first-order valence-corrected chi connectivity index (χ1v) is 11.2. The number of hydrogen-bond donors (Lipinski definition) is 0. The normalized spacial score (nSPS) is 19.0. The van der Waals surface area contributed by atoms with Gasteiger partial charge in [-0.05, 0) is 24.7 Å². The molecular weight excluding hydrogens is 495 g/mol. The quantitative estimate of drug-likeness (QED) is 0.603. The highest BCUT2D eigenvalue weighted by molar-refractivity contribution is 6.42. The molecule has 0 radical (unpaired) electrons. The van der Waals surface area contributed by atoms with Gasteiger partial charge in [0.25, 0.3) is 0 Å². The van der Waals surface area contributed by atoms with Crippen LogP contribution in [0.25, 0.3) is 0 Å². The lowest BCUT2D eigenvalue weighted by Gasteiger charge is -2.41. The third-order valence-corrected chi connectivity index (χ3v) is 6.47. The molecule has 2 heterocycles. The van der Waals surface area contributed by atoms with Crippen LogP contribution in [0, 0.1) is 0 Å². The topological polar surface area (TPSA) is 82.6 Å². The SMILES string of the molecule is COC(=O)N1CCN(C(=O)Cc2ccc(Cl)c(Cl)c2)C(COC(=O)N2CCN(C)CC2)C1.Cl. The maximum atomic E-state index is 13.1. The van der Waals surface area contributed by atoms with Crippen molar-refractivity contribution in [1.82, 2.24) is 19.6 Å². The molecule has 1 aromatic carbocycles. The Labute approximate surface area is 209 Å². The van der Waals surface area contributed by atoms with E-state index in [4.69, 9.17) is 32.7 Å². The van der Waals surface area contributed by atoms with Crippen molar-refractivity contribution in [2.75, 3.05) is 66.6 Å². The zero-order chi connectivity index (χ0) is 23.3. The molecule has 33 heavy (non-hydrogen) atoms. The fourth-order valence-corrected chi connectivity index (χ4v) is 4.12. The molecule has 0 aliphatic carbocycles. The van der Waals surface area contributed by atoms with E-state index in [1.165, 1.54) is 12.0 Å². The molecule has 1 atom stereocenters. The van der Waals surface area contributed by atoms with Crippen molar-refractivity contribution in [3.05, 3.63) is 33.8 Å². The smallest absolute Gasteiger partial charge is 0.409 e. The summed E-state index contributed by atoms with van der Waals surface area (Å²) in [6, 6.07) is 4.58. The maximum absolute atomic E-state index is 13.1. The Morgan fingerprint density at radius 2 is 1.64 bits per heavy atom. The summed E-state index contributed by atoms with van der Waals surface area (Å²) in [6.07, 6.45) is -0.764. The minimum atomic E-state index is -0.477. The number of piperazine rings is 2. The molecule has 9 nitrogen and oxygen atoms in total. The second kappa shape index (κ2) is 12.5. The van der Waals surface area contributed by atoms with Crippen molar-refractivity contribution in [2.24, 2.45) is 0 Å². The second-order valence-electron chi connectivity index (χ2n) is 7.95. The molecule has 0 saturated carbocycles. The van der Waals surface area contributed by atoms with E-state index in [1.54, 1.807) is 28.0 Å². The molecule has 0 bridgehead atoms. The summed E-state index contributed by atoms with van der Waals surface area (Å²) in [7, 11) is 3.32. The van der Waals surface area contributed by atoms with Gasteiger partial charge in [0.1, 0.15) is 6.61 Å². The molecule has 2 saturated heterocycles. The van der Waals surface area contributed by atoms with Crippen LogP contribution in [0.4, 0.5) is 9.59 Å². The minimum Gasteiger partial charge on any atom is -0.453 e. The highest BCUT2D eigenvalue weighted by Crippen LogP contribution is 2.23. The number of nitrogens with zero attached hydrogens (tertiary/aromatic N) is 4. The number of halogens is 3. The predicted octanol–water partition coefficient (Wildman–Crippen LogP) is 2.62. The standard InChI is InChI=1S/C21H28Cl2N4O5.ClH/c1-24-5-7-25(8-6-24)21(30)32-14-16-13-26(20(29)31-2)9-10-27(16)19(28)12-15-3-4-17(22)18(23)11-15;/h3-4,11,16H,5-10,12-14H2,1-2H3;1H. The fourth-order valence-electron chi connectivity index (χ4n) is 3.79. The first-order chi connectivity index (χ1) is 15.3. The van der Waals surface area contributed by atoms with Gasteiger partial charge in [0, 0.05) is 45.8 Å². The number of benzene rings is 1. The number of carbonyl (C=O) groups is 3. The summed E-state index contributed by atoms with van der Waals surface area (Å²) in [4.78, 5) is 44.5. The van der Waals surface area contributed by atoms with Crippen LogP contribution < -0.4 is 0 Å². The zero-order valence-electron chi connectivity index (χ0n) is 18.7. The highest BCUT2D eigenvalue weighted by Gasteiger charge is 2.34. The van der Waals surface area contributed by atoms with Crippen LogP contribution >= 0.6 is 35.6 Å². The monoisotopic (exact) mass is 522 g/mol. The lowest BCUT2D eigenvalue weighted by molar-refractivity contribution is -0.136. The average molecular weight is 524 g/mol. The number of amides is 3. The van der Waals surface area contributed by atoms with Crippen LogP contribution in [0.3, 0.4) is 0 Å². The number of carbonyl (C=O) groups excluding carboxylic acids is 3. The van der Waals surface area contributed by atoms with Crippen molar-refractivity contribution in [1.29, 1.82) is 0 Å². The van der Waals surface area contributed by atoms with Gasteiger partial charge in [-0.2, -0.15) is 0 Å². The van der Waals surface area contributed by atoms with E-state index in [-0.39, 0.29) is 37.9 Å². The summed E-state index contributed by atoms with van der Waals surface area (Å²) in [6.45, 7) is 3.60. The summed E-state index contributed by atoms with van der Waals surface area (Å²) in [5, 5.41) is 0.799. The molecule has 184 valence electrons. The Kier molecular flexibility index (Phi) is 10.3. The lowest BCUT2D eigenvalue weighted by atomic mass is 10.1. The zero-order valence-corrected chi connectivity index (χ0v) is 21.0. The number of rotatable bonds is 4. The van der Waals surface area contributed by atoms with Crippen LogP contribution in [0.15, 0.2) is 18.2 Å². The molecule has 12 heteroatoms. The lowest BCUT2D eigenvalue weighted by Crippen LogP contribution is -2.59. The largest absolute Gasteiger partial charge is 0.453 e. The maximum Gasteiger partial charge on any atom is 0.409 e. The Hall–Kier alpha value is -1.94. The van der Waals surface area contributed by atoms with Crippen molar-refractivity contribution >= 4 is 53.7 Å². The van der Waals surface area contributed by atoms with Gasteiger partial charge in [-0.1, -0.05) is 29.3 Å². The first-order valence-electron chi connectivity index (χ1n) is 10.4. The van der Waals surface area contributed by atoms with Gasteiger partial charge < -0.3 is 29.1 Å². The molecule has 1 unspecified atom stereocenters. The van der Waals surface area contributed by atoms with Crippen molar-refractivity contribution in [3.8, 4) is 0 Å². The predicted molar refractivity (Wildman–Crippen MR) is 127 cm³/mol. The van der Waals surface area contributed by atoms with E-state index in [1.807, 2.05) is 7.05 Å². The van der Waals surface area contributed by atoms with Crippen molar-refractivity contribution < 1.29 is 23.9 Å². The third-order valence-electron chi connectivity index (χ3n) is 5.74. The van der Waals surface area contributed by atoms with Gasteiger partial charge in [0.15, 0.2) is 0 Å². The van der Waals surface area contributed by atoms with Crippen LogP contribution in [0.2, 0.25) is 10.0 Å². The van der Waals surface area contributed by atoms with Gasteiger partial charge in [0.2, 0.25) is 5.91 Å². The highest BCUT2D eigenvalue weighted by atomic mass is 35.5. The Morgan fingerprint density at radius 1 is 0.970 bits per heavy atom. The second-order valence-corrected chi connectivity index (χ2v) is 8.76. The summed E-state index contributed by atoms with van der Waals surface area (Å²) < 4.78 is 10.4.